The van der Waals surface area contributed by atoms with Crippen molar-refractivity contribution < 1.29 is 9.53 Å². The van der Waals surface area contributed by atoms with E-state index in [2.05, 4.69) is 39.6 Å². The molecule has 0 radical (unpaired) electrons. The van der Waals surface area contributed by atoms with E-state index in [9.17, 15) is 4.79 Å². The lowest BCUT2D eigenvalue weighted by Gasteiger charge is -2.22. The normalized spacial score (nSPS) is 10.2. The third-order valence-electron chi connectivity index (χ3n) is 3.09. The summed E-state index contributed by atoms with van der Waals surface area (Å²) in [6.07, 6.45) is 0. The fourth-order valence-electron chi connectivity index (χ4n) is 2.07. The van der Waals surface area contributed by atoms with Crippen LogP contribution in [0.15, 0.2) is 48.5 Å². The molecule has 0 heterocycles. The van der Waals surface area contributed by atoms with E-state index < -0.39 is 0 Å². The van der Waals surface area contributed by atoms with Gasteiger partial charge in [-0.05, 0) is 46.4 Å². The number of halogens is 1. The van der Waals surface area contributed by atoms with Gasteiger partial charge in [0.25, 0.3) is 0 Å². The average molecular weight is 381 g/mol. The van der Waals surface area contributed by atoms with E-state index in [1.807, 2.05) is 37.4 Å². The molecule has 0 spiro atoms. The molecule has 0 unspecified atom stereocenters. The highest BCUT2D eigenvalue weighted by Crippen LogP contribution is 2.23. The number of ether oxygens (including phenoxy) is 1. The first-order valence-corrected chi connectivity index (χ1v) is 7.33. The van der Waals surface area contributed by atoms with Crippen molar-refractivity contribution in [3.63, 3.8) is 0 Å². The molecule has 0 N–H and O–H groups in total. The largest absolute Gasteiger partial charge is 0.465 e. The molecule has 3 nitrogen and oxygen atoms in total. The van der Waals surface area contributed by atoms with E-state index >= 15 is 0 Å². The first-order chi connectivity index (χ1) is 9.63. The maximum absolute atomic E-state index is 11.8. The smallest absolute Gasteiger partial charge is 0.338 e. The zero-order valence-electron chi connectivity index (χ0n) is 11.5. The molecule has 104 valence electrons. The third-order valence-corrected chi connectivity index (χ3v) is 4.01. The number of carbonyl (C=O) groups excluding carboxylic acids is 1. The number of benzene rings is 2. The monoisotopic (exact) mass is 381 g/mol. The quantitative estimate of drug-likeness (QED) is 0.598. The fourth-order valence-corrected chi connectivity index (χ4v) is 2.87. The molecule has 0 fully saturated rings. The maximum Gasteiger partial charge on any atom is 0.338 e. The predicted molar refractivity (Wildman–Crippen MR) is 89.0 cm³/mol. The Morgan fingerprint density at radius 2 is 1.80 bits per heavy atom. The molecule has 0 bridgehead atoms. The minimum absolute atomic E-state index is 0.295. The van der Waals surface area contributed by atoms with Crippen LogP contribution in [-0.4, -0.2) is 20.1 Å². The summed E-state index contributed by atoms with van der Waals surface area (Å²) in [6, 6.07) is 15.7. The Morgan fingerprint density at radius 1 is 1.15 bits per heavy atom. The van der Waals surface area contributed by atoms with Crippen LogP contribution in [0.5, 0.6) is 0 Å². The Hall–Kier alpha value is -1.56. The Morgan fingerprint density at radius 3 is 2.50 bits per heavy atom. The van der Waals surface area contributed by atoms with E-state index in [-0.39, 0.29) is 5.97 Å². The number of esters is 1. The van der Waals surface area contributed by atoms with Crippen LogP contribution >= 0.6 is 22.6 Å². The van der Waals surface area contributed by atoms with Gasteiger partial charge in [0.1, 0.15) is 0 Å². The van der Waals surface area contributed by atoms with Crippen LogP contribution < -0.4 is 4.90 Å². The lowest BCUT2D eigenvalue weighted by Crippen LogP contribution is -2.19. The van der Waals surface area contributed by atoms with Gasteiger partial charge < -0.3 is 9.64 Å². The number of rotatable bonds is 4. The van der Waals surface area contributed by atoms with Gasteiger partial charge in [-0.1, -0.05) is 30.3 Å². The summed E-state index contributed by atoms with van der Waals surface area (Å²) in [5.41, 5.74) is 2.72. The van der Waals surface area contributed by atoms with E-state index in [1.54, 1.807) is 6.07 Å². The molecule has 2 aromatic rings. The number of methoxy groups -OCH3 is 1. The van der Waals surface area contributed by atoms with Crippen molar-refractivity contribution >= 4 is 34.2 Å². The fraction of sp³-hybridized carbons (Fsp3) is 0.188. The molecule has 2 aromatic carbocycles. The average Bonchev–Trinajstić information content (AvgIpc) is 2.47. The zero-order valence-corrected chi connectivity index (χ0v) is 13.6. The summed E-state index contributed by atoms with van der Waals surface area (Å²) in [6.45, 7) is 0.658. The van der Waals surface area contributed by atoms with Gasteiger partial charge in [0.2, 0.25) is 0 Å². The second-order valence-corrected chi connectivity index (χ2v) is 5.62. The predicted octanol–water partition coefficient (Wildman–Crippen LogP) is 3.71. The van der Waals surface area contributed by atoms with E-state index in [4.69, 9.17) is 4.74 Å². The zero-order chi connectivity index (χ0) is 14.5. The minimum atomic E-state index is -0.295. The Balaban J connectivity index is 2.26. The summed E-state index contributed by atoms with van der Waals surface area (Å²) in [5, 5.41) is 0. The molecule has 20 heavy (non-hydrogen) atoms. The maximum atomic E-state index is 11.8. The third kappa shape index (κ3) is 3.30. The van der Waals surface area contributed by atoms with Gasteiger partial charge in [-0.15, -0.1) is 0 Å². The van der Waals surface area contributed by atoms with Gasteiger partial charge in [-0.2, -0.15) is 0 Å². The van der Waals surface area contributed by atoms with Crippen molar-refractivity contribution in [2.24, 2.45) is 0 Å². The second kappa shape index (κ2) is 6.74. The number of hydrogen-bond donors (Lipinski definition) is 0. The Labute approximate surface area is 132 Å². The van der Waals surface area contributed by atoms with Crippen LogP contribution in [0.25, 0.3) is 0 Å². The van der Waals surface area contributed by atoms with Gasteiger partial charge >= 0.3 is 5.97 Å². The lowest BCUT2D eigenvalue weighted by atomic mass is 10.1. The number of nitrogens with zero attached hydrogens (tertiary/aromatic N) is 1. The van der Waals surface area contributed by atoms with Crippen molar-refractivity contribution in [2.75, 3.05) is 19.1 Å². The van der Waals surface area contributed by atoms with E-state index in [1.165, 1.54) is 10.7 Å². The molecule has 0 aliphatic carbocycles. The SMILES string of the molecule is COC(=O)c1ccccc1CN(C)c1ccccc1I. The molecule has 4 heteroatoms. The van der Waals surface area contributed by atoms with Crippen molar-refractivity contribution in [3.8, 4) is 0 Å². The van der Waals surface area contributed by atoms with Crippen LogP contribution in [0.2, 0.25) is 0 Å². The number of para-hydroxylation sites is 1. The topological polar surface area (TPSA) is 29.5 Å². The van der Waals surface area contributed by atoms with Crippen LogP contribution in [0.4, 0.5) is 5.69 Å². The molecule has 0 aromatic heterocycles. The summed E-state index contributed by atoms with van der Waals surface area (Å²) in [5.74, 6) is -0.295. The molecule has 0 aliphatic heterocycles. The van der Waals surface area contributed by atoms with Crippen molar-refractivity contribution in [2.45, 2.75) is 6.54 Å². The molecule has 0 atom stereocenters. The minimum Gasteiger partial charge on any atom is -0.465 e. The molecular weight excluding hydrogens is 365 g/mol. The number of carbonyl (C=O) groups is 1. The second-order valence-electron chi connectivity index (χ2n) is 4.46. The van der Waals surface area contributed by atoms with Gasteiger partial charge in [0, 0.05) is 17.2 Å². The van der Waals surface area contributed by atoms with Crippen molar-refractivity contribution in [1.29, 1.82) is 0 Å². The molecule has 0 saturated heterocycles. The highest BCUT2D eigenvalue weighted by molar-refractivity contribution is 14.1. The van der Waals surface area contributed by atoms with Crippen LogP contribution in [0.3, 0.4) is 0 Å². The molecular formula is C16H16INO2. The summed E-state index contributed by atoms with van der Waals surface area (Å²) in [7, 11) is 3.43. The number of anilines is 1. The Kier molecular flexibility index (Phi) is 5.00. The summed E-state index contributed by atoms with van der Waals surface area (Å²) in [4.78, 5) is 13.9. The molecule has 2 rings (SSSR count). The molecule has 0 saturated carbocycles. The van der Waals surface area contributed by atoms with Crippen molar-refractivity contribution in [3.05, 3.63) is 63.2 Å². The standard InChI is InChI=1S/C16H16INO2/c1-18(15-10-6-5-9-14(15)17)11-12-7-3-4-8-13(12)16(19)20-2/h3-10H,11H2,1-2H3. The van der Waals surface area contributed by atoms with Crippen LogP contribution in [-0.2, 0) is 11.3 Å². The van der Waals surface area contributed by atoms with E-state index in [0.717, 1.165) is 11.3 Å². The summed E-state index contributed by atoms with van der Waals surface area (Å²) >= 11 is 2.31. The lowest BCUT2D eigenvalue weighted by molar-refractivity contribution is 0.0599. The van der Waals surface area contributed by atoms with Crippen LogP contribution in [0.1, 0.15) is 15.9 Å². The molecule has 0 aliphatic rings. The first-order valence-electron chi connectivity index (χ1n) is 6.25. The van der Waals surface area contributed by atoms with Gasteiger partial charge in [-0.25, -0.2) is 4.79 Å². The highest BCUT2D eigenvalue weighted by Gasteiger charge is 2.13. The number of hydrogen-bond acceptors (Lipinski definition) is 3. The molecule has 0 amide bonds. The van der Waals surface area contributed by atoms with Crippen molar-refractivity contribution in [1.82, 2.24) is 0 Å². The van der Waals surface area contributed by atoms with Gasteiger partial charge in [-0.3, -0.25) is 0 Å². The Bertz CT molecular complexity index is 613. The van der Waals surface area contributed by atoms with E-state index in [0.29, 0.717) is 12.1 Å². The van der Waals surface area contributed by atoms with Crippen LogP contribution in [0, 0.1) is 3.57 Å². The first kappa shape index (κ1) is 14.8. The van der Waals surface area contributed by atoms with Gasteiger partial charge in [0.15, 0.2) is 0 Å². The van der Waals surface area contributed by atoms with Gasteiger partial charge in [0.05, 0.1) is 18.4 Å². The summed E-state index contributed by atoms with van der Waals surface area (Å²) < 4.78 is 6.01. The highest BCUT2D eigenvalue weighted by atomic mass is 127.